The Hall–Kier alpha value is -2.87. The molecule has 0 radical (unpaired) electrons. The van der Waals surface area contributed by atoms with Gasteiger partial charge in [0.15, 0.2) is 0 Å². The van der Waals surface area contributed by atoms with Crippen molar-refractivity contribution in [2.75, 3.05) is 5.32 Å². The van der Waals surface area contributed by atoms with Crippen molar-refractivity contribution in [3.8, 4) is 0 Å². The lowest BCUT2D eigenvalue weighted by atomic mass is 10.1. The number of ether oxygens (including phenoxy) is 2. The molecule has 0 bridgehead atoms. The van der Waals surface area contributed by atoms with Gasteiger partial charge >= 0.3 is 18.0 Å². The number of carboxylic acid groups (broad SMARTS) is 1. The molecule has 7 nitrogen and oxygen atoms in total. The zero-order chi connectivity index (χ0) is 19.3. The number of carbonyl (C=O) groups is 3. The number of aromatic carboxylic acids is 1. The second-order valence-electron chi connectivity index (χ2n) is 5.71. The second-order valence-corrected chi connectivity index (χ2v) is 6.73. The summed E-state index contributed by atoms with van der Waals surface area (Å²) in [4.78, 5) is 35.6. The third-order valence-corrected chi connectivity index (χ3v) is 4.51. The molecule has 0 aliphatic heterocycles. The predicted molar refractivity (Wildman–Crippen MR) is 96.8 cm³/mol. The van der Waals surface area contributed by atoms with Crippen LogP contribution in [0, 0.1) is 6.92 Å². The van der Waals surface area contributed by atoms with Crippen LogP contribution < -0.4 is 5.32 Å². The molecule has 8 heteroatoms. The Morgan fingerprint density at radius 2 is 1.85 bits per heavy atom. The third kappa shape index (κ3) is 4.82. The molecule has 138 valence electrons. The van der Waals surface area contributed by atoms with Crippen molar-refractivity contribution < 1.29 is 29.0 Å². The van der Waals surface area contributed by atoms with E-state index in [2.05, 4.69) is 5.32 Å². The van der Waals surface area contributed by atoms with E-state index in [1.165, 1.54) is 6.92 Å². The van der Waals surface area contributed by atoms with Gasteiger partial charge in [-0.3, -0.25) is 5.32 Å². The van der Waals surface area contributed by atoms with Crippen molar-refractivity contribution >= 4 is 34.4 Å². The normalized spacial score (nSPS) is 10.5. The number of carbonyl (C=O) groups excluding carboxylic acids is 2. The first-order chi connectivity index (χ1) is 12.3. The summed E-state index contributed by atoms with van der Waals surface area (Å²) >= 11 is 0.787. The Morgan fingerprint density at radius 1 is 1.19 bits per heavy atom. The number of hydrogen-bond acceptors (Lipinski definition) is 6. The number of rotatable bonds is 6. The van der Waals surface area contributed by atoms with E-state index < -0.39 is 18.0 Å². The van der Waals surface area contributed by atoms with Crippen molar-refractivity contribution in [2.45, 2.75) is 33.5 Å². The van der Waals surface area contributed by atoms with Crippen LogP contribution in [0.3, 0.4) is 0 Å². The van der Waals surface area contributed by atoms with E-state index in [9.17, 15) is 19.5 Å². The van der Waals surface area contributed by atoms with Gasteiger partial charge in [0.05, 0.1) is 11.7 Å². The van der Waals surface area contributed by atoms with Crippen LogP contribution in [0.5, 0.6) is 0 Å². The zero-order valence-corrected chi connectivity index (χ0v) is 15.4. The quantitative estimate of drug-likeness (QED) is 0.736. The van der Waals surface area contributed by atoms with Gasteiger partial charge in [-0.05, 0) is 31.9 Å². The largest absolute Gasteiger partial charge is 0.477 e. The van der Waals surface area contributed by atoms with Crippen molar-refractivity contribution in [3.05, 3.63) is 51.9 Å². The van der Waals surface area contributed by atoms with Gasteiger partial charge in [0.25, 0.3) is 0 Å². The van der Waals surface area contributed by atoms with Crippen LogP contribution in [0.25, 0.3) is 0 Å². The van der Waals surface area contributed by atoms with E-state index in [0.717, 1.165) is 16.9 Å². The minimum absolute atomic E-state index is 0.0257. The summed E-state index contributed by atoms with van der Waals surface area (Å²) in [7, 11) is 0. The molecule has 2 N–H and O–H groups in total. The summed E-state index contributed by atoms with van der Waals surface area (Å²) in [5.74, 6) is -1.88. The Bertz CT molecular complexity index is 813. The molecule has 0 unspecified atom stereocenters. The molecule has 0 aliphatic carbocycles. The third-order valence-electron chi connectivity index (χ3n) is 3.32. The van der Waals surface area contributed by atoms with E-state index >= 15 is 0 Å². The number of benzene rings is 1. The molecule has 2 rings (SSSR count). The van der Waals surface area contributed by atoms with Crippen LogP contribution >= 0.6 is 11.3 Å². The number of carboxylic acids is 1. The molecule has 0 saturated carbocycles. The van der Waals surface area contributed by atoms with Crippen LogP contribution in [-0.4, -0.2) is 29.2 Å². The first kappa shape index (κ1) is 19.5. The van der Waals surface area contributed by atoms with Gasteiger partial charge in [0.2, 0.25) is 0 Å². The Morgan fingerprint density at radius 3 is 2.42 bits per heavy atom. The molecule has 1 amide bonds. The fraction of sp³-hybridized carbons (Fsp3) is 0.278. The number of thiophene rings is 1. The first-order valence-corrected chi connectivity index (χ1v) is 8.66. The zero-order valence-electron chi connectivity index (χ0n) is 14.6. The summed E-state index contributed by atoms with van der Waals surface area (Å²) in [6, 6.07) is 9.09. The average molecular weight is 377 g/mol. The number of anilines is 1. The van der Waals surface area contributed by atoms with Crippen LogP contribution in [0.4, 0.5) is 9.80 Å². The highest BCUT2D eigenvalue weighted by Gasteiger charge is 2.27. The van der Waals surface area contributed by atoms with Crippen LogP contribution in [0.1, 0.15) is 45.0 Å². The van der Waals surface area contributed by atoms with E-state index in [1.807, 2.05) is 18.2 Å². The highest BCUT2D eigenvalue weighted by molar-refractivity contribution is 7.18. The fourth-order valence-corrected chi connectivity index (χ4v) is 3.20. The van der Waals surface area contributed by atoms with Gasteiger partial charge in [-0.1, -0.05) is 30.3 Å². The van der Waals surface area contributed by atoms with E-state index in [4.69, 9.17) is 9.47 Å². The predicted octanol–water partition coefficient (Wildman–Crippen LogP) is 4.07. The number of esters is 1. The standard InChI is InChI=1S/C18H19NO6S/c1-10(2)25-17(22)13-11(3)14(16(20)21)26-15(13)19-18(23)24-9-12-7-5-4-6-8-12/h4-8,10H,9H2,1-3H3,(H,19,23)(H,20,21). The molecule has 2 aromatic rings. The van der Waals surface area contributed by atoms with Gasteiger partial charge in [-0.15, -0.1) is 11.3 Å². The molecule has 1 aromatic heterocycles. The second kappa shape index (κ2) is 8.48. The summed E-state index contributed by atoms with van der Waals surface area (Å²) in [6.07, 6.45) is -1.17. The first-order valence-electron chi connectivity index (χ1n) is 7.85. The lowest BCUT2D eigenvalue weighted by Gasteiger charge is -2.10. The molecular formula is C18H19NO6S. The Labute approximate surface area is 154 Å². The molecule has 0 atom stereocenters. The fourth-order valence-electron chi connectivity index (χ4n) is 2.18. The summed E-state index contributed by atoms with van der Waals surface area (Å²) < 4.78 is 10.3. The van der Waals surface area contributed by atoms with Gasteiger partial charge < -0.3 is 14.6 Å². The molecule has 1 aromatic carbocycles. The highest BCUT2D eigenvalue weighted by atomic mass is 32.1. The van der Waals surface area contributed by atoms with Gasteiger partial charge in [0, 0.05) is 0 Å². The monoisotopic (exact) mass is 377 g/mol. The van der Waals surface area contributed by atoms with Crippen molar-refractivity contribution in [3.63, 3.8) is 0 Å². The van der Waals surface area contributed by atoms with Crippen molar-refractivity contribution in [1.82, 2.24) is 0 Å². The molecule has 26 heavy (non-hydrogen) atoms. The lowest BCUT2D eigenvalue weighted by Crippen LogP contribution is -2.17. The molecule has 0 spiro atoms. The van der Waals surface area contributed by atoms with Gasteiger partial charge in [0.1, 0.15) is 16.5 Å². The Balaban J connectivity index is 2.18. The van der Waals surface area contributed by atoms with Crippen LogP contribution in [-0.2, 0) is 16.1 Å². The maximum atomic E-state index is 12.3. The number of nitrogens with one attached hydrogen (secondary N) is 1. The van der Waals surface area contributed by atoms with Crippen LogP contribution in [0.15, 0.2) is 30.3 Å². The van der Waals surface area contributed by atoms with E-state index in [1.54, 1.807) is 26.0 Å². The summed E-state index contributed by atoms with van der Waals surface area (Å²) in [5.41, 5.74) is 1.07. The minimum atomic E-state index is -1.18. The van der Waals surface area contributed by atoms with E-state index in [-0.39, 0.29) is 33.7 Å². The summed E-state index contributed by atoms with van der Waals surface area (Å²) in [5, 5.41) is 11.8. The smallest absolute Gasteiger partial charge is 0.412 e. The van der Waals surface area contributed by atoms with Gasteiger partial charge in [-0.2, -0.15) is 0 Å². The molecular weight excluding hydrogens is 358 g/mol. The highest BCUT2D eigenvalue weighted by Crippen LogP contribution is 2.34. The van der Waals surface area contributed by atoms with Crippen molar-refractivity contribution in [1.29, 1.82) is 0 Å². The van der Waals surface area contributed by atoms with Gasteiger partial charge in [-0.25, -0.2) is 14.4 Å². The topological polar surface area (TPSA) is 102 Å². The summed E-state index contributed by atoms with van der Waals surface area (Å²) in [6.45, 7) is 4.91. The molecule has 1 heterocycles. The number of hydrogen-bond donors (Lipinski definition) is 2. The Kier molecular flexibility index (Phi) is 6.35. The average Bonchev–Trinajstić information content (AvgIpc) is 2.89. The van der Waals surface area contributed by atoms with E-state index in [0.29, 0.717) is 0 Å². The lowest BCUT2D eigenvalue weighted by molar-refractivity contribution is 0.0379. The van der Waals surface area contributed by atoms with Crippen LogP contribution in [0.2, 0.25) is 0 Å². The van der Waals surface area contributed by atoms with Crippen molar-refractivity contribution in [2.24, 2.45) is 0 Å². The minimum Gasteiger partial charge on any atom is -0.477 e. The molecule has 0 aliphatic rings. The maximum Gasteiger partial charge on any atom is 0.412 e. The molecule has 0 saturated heterocycles. The molecule has 0 fully saturated rings. The number of amides is 1. The SMILES string of the molecule is Cc1c(C(=O)O)sc(NC(=O)OCc2ccccc2)c1C(=O)OC(C)C. The maximum absolute atomic E-state index is 12.3.